The van der Waals surface area contributed by atoms with Crippen molar-refractivity contribution in [2.45, 2.75) is 27.7 Å². The lowest BCUT2D eigenvalue weighted by atomic mass is 9.94. The van der Waals surface area contributed by atoms with Crippen molar-refractivity contribution in [1.29, 1.82) is 0 Å². The summed E-state index contributed by atoms with van der Waals surface area (Å²) >= 11 is 0. The van der Waals surface area contributed by atoms with Gasteiger partial charge in [0.15, 0.2) is 0 Å². The van der Waals surface area contributed by atoms with Crippen LogP contribution in [0.5, 0.6) is 0 Å². The Bertz CT molecular complexity index is 1920. The van der Waals surface area contributed by atoms with Crippen LogP contribution < -0.4 is 4.90 Å². The molecule has 48 heavy (non-hydrogen) atoms. The van der Waals surface area contributed by atoms with Gasteiger partial charge in [-0.05, 0) is 108 Å². The summed E-state index contributed by atoms with van der Waals surface area (Å²) in [6.45, 7) is 8.55. The Kier molecular flexibility index (Phi) is 8.53. The van der Waals surface area contributed by atoms with Crippen molar-refractivity contribution in [3.05, 3.63) is 200 Å². The quantitative estimate of drug-likeness (QED) is 0.168. The number of rotatable bonds is 6. The van der Waals surface area contributed by atoms with Gasteiger partial charge in [0, 0.05) is 18.4 Å². The van der Waals surface area contributed by atoms with Gasteiger partial charge in [-0.2, -0.15) is 0 Å². The highest BCUT2D eigenvalue weighted by Gasteiger charge is 2.17. The maximum atomic E-state index is 2.34. The molecule has 1 nitrogen and oxygen atoms in total. The second kappa shape index (κ2) is 13.2. The standard InChI is InChI=1S/C47H41N/c1-32-6-16-38(17-7-32)44(39-18-8-33(2)9-19-39)28-36-14-24-42-26-27-43-25-15-37(31-47(43)48(5)46(42)30-36)29-45(40-20-10-34(3)11-21-40)41-22-12-35(4)13-23-41/h6-31H,1-5H3. The predicted molar refractivity (Wildman–Crippen MR) is 209 cm³/mol. The lowest BCUT2D eigenvalue weighted by molar-refractivity contribution is 1.20. The Morgan fingerprint density at radius 1 is 0.396 bits per heavy atom. The molecule has 1 heteroatoms. The Labute approximate surface area is 285 Å². The van der Waals surface area contributed by atoms with E-state index in [4.69, 9.17) is 0 Å². The first-order chi connectivity index (χ1) is 23.3. The first-order valence-electron chi connectivity index (χ1n) is 16.7. The molecule has 0 bridgehead atoms. The summed E-state index contributed by atoms with van der Waals surface area (Å²) in [4.78, 5) is 2.34. The molecule has 0 saturated carbocycles. The minimum atomic E-state index is 1.17. The molecule has 1 aliphatic heterocycles. The summed E-state index contributed by atoms with van der Waals surface area (Å²) < 4.78 is 0. The van der Waals surface area contributed by atoms with E-state index in [2.05, 4.69) is 197 Å². The topological polar surface area (TPSA) is 3.24 Å². The van der Waals surface area contributed by atoms with Crippen LogP contribution in [-0.2, 0) is 0 Å². The second-order valence-corrected chi connectivity index (χ2v) is 13.1. The molecule has 7 rings (SSSR count). The van der Waals surface area contributed by atoms with Gasteiger partial charge in [0.1, 0.15) is 0 Å². The molecule has 6 aromatic carbocycles. The van der Waals surface area contributed by atoms with E-state index in [1.165, 1.54) is 89.3 Å². The van der Waals surface area contributed by atoms with Gasteiger partial charge in [0.2, 0.25) is 0 Å². The molecule has 0 unspecified atom stereocenters. The molecule has 6 aromatic rings. The largest absolute Gasteiger partial charge is 0.344 e. The van der Waals surface area contributed by atoms with Crippen molar-refractivity contribution in [2.24, 2.45) is 0 Å². The lowest BCUT2D eigenvalue weighted by Gasteiger charge is -2.23. The number of hydrogen-bond donors (Lipinski definition) is 0. The fourth-order valence-electron chi connectivity index (χ4n) is 6.41. The predicted octanol–water partition coefficient (Wildman–Crippen LogP) is 12.3. The Hall–Kier alpha value is -5.66. The Morgan fingerprint density at radius 2 is 0.688 bits per heavy atom. The molecule has 0 aliphatic carbocycles. The number of fused-ring (bicyclic) bond motifs is 2. The number of anilines is 2. The highest BCUT2D eigenvalue weighted by molar-refractivity contribution is 5.96. The fourth-order valence-corrected chi connectivity index (χ4v) is 6.41. The molecule has 0 amide bonds. The van der Waals surface area contributed by atoms with Gasteiger partial charge in [-0.3, -0.25) is 0 Å². The van der Waals surface area contributed by atoms with Crippen molar-refractivity contribution in [3.63, 3.8) is 0 Å². The molecule has 0 atom stereocenters. The smallest absolute Gasteiger partial charge is 0.0487 e. The molecular formula is C47H41N. The third kappa shape index (κ3) is 6.59. The third-order valence-electron chi connectivity index (χ3n) is 9.35. The third-order valence-corrected chi connectivity index (χ3v) is 9.35. The number of hydrogen-bond acceptors (Lipinski definition) is 1. The average Bonchev–Trinajstić information content (AvgIpc) is 3.24. The van der Waals surface area contributed by atoms with E-state index in [0.717, 1.165) is 0 Å². The lowest BCUT2D eigenvalue weighted by Crippen LogP contribution is -2.11. The van der Waals surface area contributed by atoms with Gasteiger partial charge in [-0.1, -0.05) is 156 Å². The molecule has 0 radical (unpaired) electrons. The monoisotopic (exact) mass is 619 g/mol. The number of nitrogens with zero attached hydrogens (tertiary/aromatic N) is 1. The van der Waals surface area contributed by atoms with Crippen LogP contribution in [0.15, 0.2) is 133 Å². The van der Waals surface area contributed by atoms with Crippen LogP contribution in [0.4, 0.5) is 11.4 Å². The number of aryl methyl sites for hydroxylation is 4. The van der Waals surface area contributed by atoms with E-state index >= 15 is 0 Å². The minimum absolute atomic E-state index is 1.17. The van der Waals surface area contributed by atoms with E-state index in [-0.39, 0.29) is 0 Å². The van der Waals surface area contributed by atoms with Gasteiger partial charge in [-0.15, -0.1) is 0 Å². The molecule has 0 aromatic heterocycles. The van der Waals surface area contributed by atoms with Crippen LogP contribution in [0.25, 0.3) is 35.5 Å². The highest BCUT2D eigenvalue weighted by atomic mass is 15.1. The fraction of sp³-hybridized carbons (Fsp3) is 0.106. The van der Waals surface area contributed by atoms with Gasteiger partial charge < -0.3 is 4.90 Å². The van der Waals surface area contributed by atoms with Crippen molar-refractivity contribution in [2.75, 3.05) is 11.9 Å². The first-order valence-corrected chi connectivity index (χ1v) is 16.7. The maximum absolute atomic E-state index is 2.34. The normalized spacial score (nSPS) is 11.7. The molecule has 0 fully saturated rings. The van der Waals surface area contributed by atoms with Crippen LogP contribution in [0.1, 0.15) is 66.8 Å². The van der Waals surface area contributed by atoms with E-state index in [1.54, 1.807) is 0 Å². The zero-order valence-electron chi connectivity index (χ0n) is 28.5. The van der Waals surface area contributed by atoms with Crippen molar-refractivity contribution >= 4 is 46.8 Å². The molecule has 0 saturated heterocycles. The van der Waals surface area contributed by atoms with Crippen molar-refractivity contribution in [3.8, 4) is 0 Å². The van der Waals surface area contributed by atoms with Crippen LogP contribution in [0.3, 0.4) is 0 Å². The van der Waals surface area contributed by atoms with Crippen LogP contribution in [0.2, 0.25) is 0 Å². The van der Waals surface area contributed by atoms with Gasteiger partial charge in [-0.25, -0.2) is 0 Å². The number of benzene rings is 6. The van der Waals surface area contributed by atoms with Crippen LogP contribution in [0, 0.1) is 27.7 Å². The summed E-state index contributed by atoms with van der Waals surface area (Å²) in [6, 6.07) is 49.0. The van der Waals surface area contributed by atoms with Gasteiger partial charge >= 0.3 is 0 Å². The zero-order valence-corrected chi connectivity index (χ0v) is 28.5. The summed E-state index contributed by atoms with van der Waals surface area (Å²) in [5.74, 6) is 0. The summed E-state index contributed by atoms with van der Waals surface area (Å²) in [6.07, 6.45) is 9.14. The van der Waals surface area contributed by atoms with E-state index in [1.807, 2.05) is 0 Å². The first kappa shape index (κ1) is 31.0. The zero-order chi connectivity index (χ0) is 33.2. The van der Waals surface area contributed by atoms with Crippen LogP contribution >= 0.6 is 0 Å². The van der Waals surface area contributed by atoms with E-state index in [9.17, 15) is 0 Å². The second-order valence-electron chi connectivity index (χ2n) is 13.1. The molecule has 1 aliphatic rings. The molecule has 234 valence electrons. The minimum Gasteiger partial charge on any atom is -0.344 e. The summed E-state index contributed by atoms with van der Waals surface area (Å²) in [5.41, 5.74) is 19.5. The van der Waals surface area contributed by atoms with E-state index < -0.39 is 0 Å². The summed E-state index contributed by atoms with van der Waals surface area (Å²) in [7, 11) is 2.19. The van der Waals surface area contributed by atoms with Crippen molar-refractivity contribution in [1.82, 2.24) is 0 Å². The molecule has 0 spiro atoms. The molecule has 0 N–H and O–H groups in total. The Balaban J connectivity index is 1.29. The average molecular weight is 620 g/mol. The van der Waals surface area contributed by atoms with Crippen LogP contribution in [-0.4, -0.2) is 7.05 Å². The molecule has 1 heterocycles. The Morgan fingerprint density at radius 3 is 0.979 bits per heavy atom. The van der Waals surface area contributed by atoms with Gasteiger partial charge in [0.05, 0.1) is 0 Å². The SMILES string of the molecule is Cc1ccc(C(=Cc2ccc3c(c2)N(C)c2cc(C=C(c4ccc(C)cc4)c4ccc(C)cc4)ccc2C=C3)c2ccc(C)cc2)cc1. The molecular weight excluding hydrogens is 579 g/mol. The van der Waals surface area contributed by atoms with Crippen molar-refractivity contribution < 1.29 is 0 Å². The van der Waals surface area contributed by atoms with E-state index in [0.29, 0.717) is 0 Å². The highest BCUT2D eigenvalue weighted by Crippen LogP contribution is 2.38. The summed E-state index contributed by atoms with van der Waals surface area (Å²) in [5, 5.41) is 0. The maximum Gasteiger partial charge on any atom is 0.0487 e. The van der Waals surface area contributed by atoms with Gasteiger partial charge in [0.25, 0.3) is 0 Å².